The van der Waals surface area contributed by atoms with E-state index in [0.717, 1.165) is 12.3 Å². The highest BCUT2D eigenvalue weighted by atomic mass is 35.5. The highest BCUT2D eigenvalue weighted by molar-refractivity contribution is 6.32. The van der Waals surface area contributed by atoms with E-state index in [4.69, 9.17) is 23.2 Å². The van der Waals surface area contributed by atoms with Crippen molar-refractivity contribution in [2.75, 3.05) is 0 Å². The number of carbonyl (C=O) groups excluding carboxylic acids is 1. The monoisotopic (exact) mass is 354 g/mol. The minimum absolute atomic E-state index is 0.00133. The van der Waals surface area contributed by atoms with Crippen molar-refractivity contribution in [2.24, 2.45) is 5.10 Å². The van der Waals surface area contributed by atoms with E-state index in [9.17, 15) is 20.0 Å². The van der Waals surface area contributed by atoms with Gasteiger partial charge in [-0.3, -0.25) is 14.9 Å². The van der Waals surface area contributed by atoms with Crippen LogP contribution in [0.3, 0.4) is 0 Å². The van der Waals surface area contributed by atoms with Gasteiger partial charge in [0.1, 0.15) is 5.15 Å². The van der Waals surface area contributed by atoms with Crippen molar-refractivity contribution in [3.8, 4) is 5.75 Å². The molecular weight excluding hydrogens is 347 g/mol. The second kappa shape index (κ2) is 7.03. The molecule has 0 fully saturated rings. The number of nitro benzene ring substituents is 1. The molecule has 0 aliphatic heterocycles. The first-order chi connectivity index (χ1) is 10.9. The van der Waals surface area contributed by atoms with Crippen LogP contribution in [0.15, 0.2) is 35.6 Å². The summed E-state index contributed by atoms with van der Waals surface area (Å²) in [5.41, 5.74) is 1.67. The Labute approximate surface area is 139 Å². The summed E-state index contributed by atoms with van der Waals surface area (Å²) < 4.78 is 0. The number of halogens is 2. The number of nitro groups is 1. The Morgan fingerprint density at radius 2 is 2.17 bits per heavy atom. The first kappa shape index (κ1) is 16.7. The lowest BCUT2D eigenvalue weighted by molar-refractivity contribution is -0.385. The number of nitrogens with one attached hydrogen (secondary N) is 1. The summed E-state index contributed by atoms with van der Waals surface area (Å²) in [5.74, 6) is -1.24. The molecule has 0 bridgehead atoms. The van der Waals surface area contributed by atoms with E-state index in [1.54, 1.807) is 0 Å². The van der Waals surface area contributed by atoms with Crippen LogP contribution in [0, 0.1) is 10.1 Å². The number of rotatable bonds is 4. The highest BCUT2D eigenvalue weighted by Gasteiger charge is 2.18. The van der Waals surface area contributed by atoms with Gasteiger partial charge in [0.05, 0.1) is 16.7 Å². The largest absolute Gasteiger partial charge is 0.502 e. The van der Waals surface area contributed by atoms with Crippen LogP contribution in [0.5, 0.6) is 5.75 Å². The predicted molar refractivity (Wildman–Crippen MR) is 84.1 cm³/mol. The standard InChI is InChI=1S/C13H8Cl2N4O4/c14-8-4-7(11(20)10(5-8)19(22)23)6-17-18-13(21)9-2-1-3-16-12(9)15/h1-6,20H,(H,18,21). The van der Waals surface area contributed by atoms with Crippen molar-refractivity contribution in [1.29, 1.82) is 0 Å². The lowest BCUT2D eigenvalue weighted by atomic mass is 10.2. The maximum Gasteiger partial charge on any atom is 0.312 e. The minimum atomic E-state index is -0.785. The topological polar surface area (TPSA) is 118 Å². The van der Waals surface area contributed by atoms with Gasteiger partial charge in [0, 0.05) is 22.8 Å². The molecule has 1 heterocycles. The number of pyridine rings is 1. The highest BCUT2D eigenvalue weighted by Crippen LogP contribution is 2.32. The maximum atomic E-state index is 11.8. The molecule has 1 aromatic carbocycles. The summed E-state index contributed by atoms with van der Waals surface area (Å²) in [5, 5.41) is 24.2. The molecule has 0 atom stereocenters. The molecule has 0 saturated heterocycles. The van der Waals surface area contributed by atoms with E-state index >= 15 is 0 Å². The Kier molecular flexibility index (Phi) is 5.09. The van der Waals surface area contributed by atoms with Crippen molar-refractivity contribution < 1.29 is 14.8 Å². The number of hydrogen-bond acceptors (Lipinski definition) is 6. The Bertz CT molecular complexity index is 811. The summed E-state index contributed by atoms with van der Waals surface area (Å²) in [6, 6.07) is 5.23. The lowest BCUT2D eigenvalue weighted by Crippen LogP contribution is -2.18. The molecule has 0 aliphatic rings. The third-order valence-corrected chi connectivity index (χ3v) is 3.17. The normalized spacial score (nSPS) is 10.7. The van der Waals surface area contributed by atoms with Gasteiger partial charge in [-0.2, -0.15) is 5.10 Å². The number of nitrogens with zero attached hydrogens (tertiary/aromatic N) is 3. The van der Waals surface area contributed by atoms with Crippen LogP contribution < -0.4 is 5.43 Å². The van der Waals surface area contributed by atoms with Crippen molar-refractivity contribution in [2.45, 2.75) is 0 Å². The van der Waals surface area contributed by atoms with E-state index in [1.807, 2.05) is 0 Å². The summed E-state index contributed by atoms with van der Waals surface area (Å²) in [6.07, 6.45) is 2.45. The fourth-order valence-corrected chi connectivity index (χ4v) is 2.05. The van der Waals surface area contributed by atoms with Crippen molar-refractivity contribution in [3.63, 3.8) is 0 Å². The van der Waals surface area contributed by atoms with Crippen molar-refractivity contribution in [1.82, 2.24) is 10.4 Å². The second-order valence-corrected chi connectivity index (χ2v) is 4.96. The van der Waals surface area contributed by atoms with Gasteiger partial charge in [-0.15, -0.1) is 0 Å². The number of phenols is 1. The van der Waals surface area contributed by atoms with E-state index in [2.05, 4.69) is 15.5 Å². The zero-order valence-corrected chi connectivity index (χ0v) is 12.7. The van der Waals surface area contributed by atoms with Gasteiger partial charge < -0.3 is 5.11 Å². The molecule has 23 heavy (non-hydrogen) atoms. The molecule has 1 aromatic heterocycles. The number of hydrogen-bond donors (Lipinski definition) is 2. The van der Waals surface area contributed by atoms with Crippen LogP contribution in [0.4, 0.5) is 5.69 Å². The SMILES string of the molecule is O=C(NN=Cc1cc(Cl)cc([N+](=O)[O-])c1O)c1cccnc1Cl. The smallest absolute Gasteiger partial charge is 0.312 e. The number of aromatic hydroxyl groups is 1. The van der Waals surface area contributed by atoms with Crippen molar-refractivity contribution >= 4 is 41.0 Å². The van der Waals surface area contributed by atoms with Crippen molar-refractivity contribution in [3.05, 3.63) is 61.9 Å². The average Bonchev–Trinajstić information content (AvgIpc) is 2.50. The third kappa shape index (κ3) is 3.93. The van der Waals surface area contributed by atoms with Gasteiger partial charge in [0.25, 0.3) is 5.91 Å². The van der Waals surface area contributed by atoms with Gasteiger partial charge in [-0.05, 0) is 18.2 Å². The Morgan fingerprint density at radius 1 is 1.43 bits per heavy atom. The minimum Gasteiger partial charge on any atom is -0.502 e. The number of phenolic OH excluding ortho intramolecular Hbond substituents is 1. The molecule has 1 amide bonds. The average molecular weight is 355 g/mol. The lowest BCUT2D eigenvalue weighted by Gasteiger charge is -2.03. The Morgan fingerprint density at radius 3 is 2.83 bits per heavy atom. The molecule has 0 saturated carbocycles. The van der Waals surface area contributed by atoms with Gasteiger partial charge in [0.15, 0.2) is 0 Å². The first-order valence-electron chi connectivity index (χ1n) is 6.01. The Balaban J connectivity index is 2.20. The van der Waals surface area contributed by atoms with E-state index in [1.165, 1.54) is 24.4 Å². The zero-order valence-electron chi connectivity index (χ0n) is 11.2. The number of amides is 1. The van der Waals surface area contributed by atoms with E-state index in [0.29, 0.717) is 0 Å². The summed E-state index contributed by atoms with van der Waals surface area (Å²) in [7, 11) is 0. The molecule has 0 aliphatic carbocycles. The van der Waals surface area contributed by atoms with Crippen LogP contribution in [0.1, 0.15) is 15.9 Å². The fraction of sp³-hybridized carbons (Fsp3) is 0. The van der Waals surface area contributed by atoms with E-state index in [-0.39, 0.29) is 21.3 Å². The fourth-order valence-electron chi connectivity index (χ4n) is 1.62. The third-order valence-electron chi connectivity index (χ3n) is 2.65. The summed E-state index contributed by atoms with van der Waals surface area (Å²) >= 11 is 11.5. The van der Waals surface area contributed by atoms with Crippen LogP contribution in [0.25, 0.3) is 0 Å². The summed E-state index contributed by atoms with van der Waals surface area (Å²) in [6.45, 7) is 0. The Hall–Kier alpha value is -2.71. The summed E-state index contributed by atoms with van der Waals surface area (Å²) in [4.78, 5) is 25.6. The zero-order chi connectivity index (χ0) is 17.0. The van der Waals surface area contributed by atoms with Crippen LogP contribution >= 0.6 is 23.2 Å². The molecule has 0 radical (unpaired) electrons. The molecule has 2 rings (SSSR count). The van der Waals surface area contributed by atoms with Gasteiger partial charge in [-0.25, -0.2) is 10.4 Å². The van der Waals surface area contributed by atoms with Gasteiger partial charge in [-0.1, -0.05) is 23.2 Å². The number of carbonyl (C=O) groups is 1. The number of benzene rings is 1. The molecule has 10 heteroatoms. The number of aromatic nitrogens is 1. The molecule has 2 N–H and O–H groups in total. The quantitative estimate of drug-likeness (QED) is 0.378. The van der Waals surface area contributed by atoms with Gasteiger partial charge >= 0.3 is 5.69 Å². The van der Waals surface area contributed by atoms with Crippen LogP contribution in [-0.4, -0.2) is 27.1 Å². The van der Waals surface area contributed by atoms with E-state index < -0.39 is 22.3 Å². The van der Waals surface area contributed by atoms with Gasteiger partial charge in [0.2, 0.25) is 5.75 Å². The molecular formula is C13H8Cl2N4O4. The molecule has 8 nitrogen and oxygen atoms in total. The van der Waals surface area contributed by atoms with Crippen LogP contribution in [0.2, 0.25) is 10.2 Å². The number of hydrazone groups is 1. The molecule has 0 unspecified atom stereocenters. The second-order valence-electron chi connectivity index (χ2n) is 4.16. The maximum absolute atomic E-state index is 11.8. The molecule has 0 spiro atoms. The molecule has 118 valence electrons. The first-order valence-corrected chi connectivity index (χ1v) is 6.76. The predicted octanol–water partition coefficient (Wildman–Crippen LogP) is 2.77. The molecule has 2 aromatic rings. The van der Waals surface area contributed by atoms with Crippen LogP contribution in [-0.2, 0) is 0 Å².